The Morgan fingerprint density at radius 1 is 0.406 bits per heavy atom. The number of amidine groups is 1. The molecule has 7 nitrogen and oxygen atoms in total. The molecule has 2 atom stereocenters. The molecule has 14 rings (SSSR count). The zero-order chi connectivity index (χ0) is 41.9. The molecule has 64 heavy (non-hydrogen) atoms. The Labute approximate surface area is 365 Å². The van der Waals surface area contributed by atoms with E-state index in [9.17, 15) is 0 Å². The summed E-state index contributed by atoms with van der Waals surface area (Å²) in [5.74, 6) is 0.788. The third-order valence-corrected chi connectivity index (χ3v) is 13.1. The van der Waals surface area contributed by atoms with Gasteiger partial charge in [0.2, 0.25) is 0 Å². The first kappa shape index (κ1) is 35.2. The quantitative estimate of drug-likeness (QED) is 0.181. The van der Waals surface area contributed by atoms with Gasteiger partial charge in [-0.25, -0.2) is 4.99 Å². The summed E-state index contributed by atoms with van der Waals surface area (Å²) in [5, 5.41) is 16.6. The van der Waals surface area contributed by atoms with Crippen LogP contribution in [-0.4, -0.2) is 10.4 Å². The molecule has 0 radical (unpaired) electrons. The van der Waals surface area contributed by atoms with E-state index < -0.39 is 0 Å². The van der Waals surface area contributed by atoms with Crippen molar-refractivity contribution < 1.29 is 13.3 Å². The first-order chi connectivity index (χ1) is 31.7. The molecule has 2 N–H and O–H groups in total. The number of hydrogen-bond acceptors (Lipinski definition) is 6. The van der Waals surface area contributed by atoms with Crippen LogP contribution < -0.4 is 10.6 Å². The largest absolute Gasteiger partial charge is 0.456 e. The molecule has 0 amide bonds. The van der Waals surface area contributed by atoms with Gasteiger partial charge in [-0.05, 0) is 95.6 Å². The molecule has 4 aromatic heterocycles. The van der Waals surface area contributed by atoms with Crippen LogP contribution in [0, 0.1) is 0 Å². The van der Waals surface area contributed by atoms with Crippen molar-refractivity contribution in [1.82, 2.24) is 15.2 Å². The zero-order valence-corrected chi connectivity index (χ0v) is 34.2. The predicted octanol–water partition coefficient (Wildman–Crippen LogP) is 14.5. The summed E-state index contributed by atoms with van der Waals surface area (Å²) in [6.45, 7) is 0. The van der Waals surface area contributed by atoms with Crippen molar-refractivity contribution in [3.8, 4) is 16.8 Å². The molecule has 9 aromatic carbocycles. The molecule has 13 aromatic rings. The first-order valence-corrected chi connectivity index (χ1v) is 21.7. The molecule has 0 spiro atoms. The highest BCUT2D eigenvalue weighted by Crippen LogP contribution is 2.41. The fraction of sp³-hybridized carbons (Fsp3) is 0.0351. The van der Waals surface area contributed by atoms with E-state index in [1.165, 1.54) is 10.8 Å². The van der Waals surface area contributed by atoms with Crippen molar-refractivity contribution in [2.45, 2.75) is 12.3 Å². The second-order valence-electron chi connectivity index (χ2n) is 16.7. The molecule has 0 bridgehead atoms. The molecule has 5 heterocycles. The van der Waals surface area contributed by atoms with Crippen molar-refractivity contribution in [2.24, 2.45) is 4.99 Å². The van der Waals surface area contributed by atoms with Gasteiger partial charge in [0.25, 0.3) is 0 Å². The van der Waals surface area contributed by atoms with Crippen LogP contribution in [0.15, 0.2) is 212 Å². The van der Waals surface area contributed by atoms with Crippen LogP contribution in [0.2, 0.25) is 0 Å². The minimum atomic E-state index is -0.299. The van der Waals surface area contributed by atoms with Crippen LogP contribution in [0.1, 0.15) is 29.0 Å². The maximum Gasteiger partial charge on any atom is 0.136 e. The standard InChI is InChI=1S/C57H36N4O3/c1-2-11-33(12-3-1)55-58-56(36-21-25-41-39-14-5-8-18-48(39)64-53(41)31-36)60-57(59-55)42-16-10-20-52-54(42)45-30-35(23-27-51(45)63-52)34-22-26-47-43(29-34)38-13-4-7-17-46(38)61(47)37-24-28-50-44(32-37)40-15-6-9-19-49(40)62-50/h1-32,55,57,59H,(H,58,60). The molecule has 1 aliphatic heterocycles. The predicted molar refractivity (Wildman–Crippen MR) is 259 cm³/mol. The van der Waals surface area contributed by atoms with Crippen molar-refractivity contribution in [2.75, 3.05) is 0 Å². The number of fused-ring (bicyclic) bond motifs is 12. The van der Waals surface area contributed by atoms with Crippen LogP contribution >= 0.6 is 0 Å². The second kappa shape index (κ2) is 13.6. The Balaban J connectivity index is 0.882. The van der Waals surface area contributed by atoms with Gasteiger partial charge in [0.15, 0.2) is 0 Å². The van der Waals surface area contributed by atoms with Crippen molar-refractivity contribution >= 4 is 93.5 Å². The Hall–Kier alpha value is -8.39. The molecule has 0 aliphatic carbocycles. The van der Waals surface area contributed by atoms with E-state index in [1.807, 2.05) is 36.4 Å². The maximum atomic E-state index is 6.60. The Morgan fingerprint density at radius 3 is 1.88 bits per heavy atom. The highest BCUT2D eigenvalue weighted by atomic mass is 16.3. The van der Waals surface area contributed by atoms with Gasteiger partial charge in [-0.3, -0.25) is 5.32 Å². The van der Waals surface area contributed by atoms with Gasteiger partial charge in [-0.2, -0.15) is 0 Å². The first-order valence-electron chi connectivity index (χ1n) is 21.7. The Kier molecular flexibility index (Phi) is 7.46. The summed E-state index contributed by atoms with van der Waals surface area (Å²) in [6, 6.07) is 68.1. The SMILES string of the molecule is c1ccc(C2N=C(c3ccc4c(c3)oc3ccccc34)NC(c3cccc4oc5ccc(-c6ccc7c(c6)c6ccccc6n7-c6ccc7oc8ccccc8c7c6)cc5c34)N2)cc1. The van der Waals surface area contributed by atoms with Crippen LogP contribution in [0.5, 0.6) is 0 Å². The van der Waals surface area contributed by atoms with Gasteiger partial charge < -0.3 is 23.1 Å². The third-order valence-electron chi connectivity index (χ3n) is 13.1. The minimum Gasteiger partial charge on any atom is -0.456 e. The molecular formula is C57H36N4O3. The summed E-state index contributed by atoms with van der Waals surface area (Å²) in [4.78, 5) is 5.26. The fourth-order valence-electron chi connectivity index (χ4n) is 10.1. The van der Waals surface area contributed by atoms with E-state index in [2.05, 4.69) is 173 Å². The Morgan fingerprint density at radius 2 is 1.02 bits per heavy atom. The number of hydrogen-bond donors (Lipinski definition) is 2. The number of nitrogens with one attached hydrogen (secondary N) is 2. The summed E-state index contributed by atoms with van der Waals surface area (Å²) in [6.07, 6.45) is -0.591. The van der Waals surface area contributed by atoms with Gasteiger partial charge in [0.1, 0.15) is 51.7 Å². The summed E-state index contributed by atoms with van der Waals surface area (Å²) in [5.41, 5.74) is 13.9. The molecule has 0 saturated carbocycles. The highest BCUT2D eigenvalue weighted by molar-refractivity contribution is 6.13. The monoisotopic (exact) mass is 824 g/mol. The van der Waals surface area contributed by atoms with Crippen molar-refractivity contribution in [3.05, 3.63) is 211 Å². The molecule has 0 fully saturated rings. The average molecular weight is 825 g/mol. The highest BCUT2D eigenvalue weighted by Gasteiger charge is 2.28. The summed E-state index contributed by atoms with van der Waals surface area (Å²) < 4.78 is 21.5. The molecule has 2 unspecified atom stereocenters. The van der Waals surface area contributed by atoms with E-state index in [1.54, 1.807) is 0 Å². The summed E-state index contributed by atoms with van der Waals surface area (Å²) in [7, 11) is 0. The molecular weight excluding hydrogens is 789 g/mol. The minimum absolute atomic E-state index is 0.293. The number of para-hydroxylation sites is 3. The van der Waals surface area contributed by atoms with Crippen LogP contribution in [-0.2, 0) is 0 Å². The fourth-order valence-corrected chi connectivity index (χ4v) is 10.1. The maximum absolute atomic E-state index is 6.60. The van der Waals surface area contributed by atoms with E-state index in [0.717, 1.165) is 116 Å². The van der Waals surface area contributed by atoms with Crippen LogP contribution in [0.25, 0.3) is 104 Å². The lowest BCUT2D eigenvalue weighted by Gasteiger charge is -2.32. The van der Waals surface area contributed by atoms with Gasteiger partial charge in [-0.15, -0.1) is 0 Å². The number of aliphatic imine (C=N–C) groups is 1. The second-order valence-corrected chi connectivity index (χ2v) is 16.7. The zero-order valence-electron chi connectivity index (χ0n) is 34.2. The van der Waals surface area contributed by atoms with Gasteiger partial charge in [0.05, 0.1) is 11.0 Å². The number of rotatable bonds is 5. The van der Waals surface area contributed by atoms with E-state index in [0.29, 0.717) is 0 Å². The normalized spacial score (nSPS) is 15.7. The average Bonchev–Trinajstić information content (AvgIpc) is 4.12. The smallest absolute Gasteiger partial charge is 0.136 e. The van der Waals surface area contributed by atoms with E-state index in [4.69, 9.17) is 18.2 Å². The number of aromatic nitrogens is 1. The lowest BCUT2D eigenvalue weighted by Crippen LogP contribution is -2.45. The Bertz CT molecular complexity index is 4060. The van der Waals surface area contributed by atoms with Crippen LogP contribution in [0.3, 0.4) is 0 Å². The van der Waals surface area contributed by atoms with Gasteiger partial charge >= 0.3 is 0 Å². The van der Waals surface area contributed by atoms with Gasteiger partial charge in [-0.1, -0.05) is 115 Å². The molecule has 7 heteroatoms. The van der Waals surface area contributed by atoms with E-state index in [-0.39, 0.29) is 12.3 Å². The number of nitrogens with zero attached hydrogens (tertiary/aromatic N) is 2. The lowest BCUT2D eigenvalue weighted by molar-refractivity contribution is 0.411. The molecule has 0 saturated heterocycles. The van der Waals surface area contributed by atoms with E-state index >= 15 is 0 Å². The van der Waals surface area contributed by atoms with Crippen molar-refractivity contribution in [1.29, 1.82) is 0 Å². The topological polar surface area (TPSA) is 80.8 Å². The van der Waals surface area contributed by atoms with Crippen molar-refractivity contribution in [3.63, 3.8) is 0 Å². The summed E-state index contributed by atoms with van der Waals surface area (Å²) >= 11 is 0. The van der Waals surface area contributed by atoms with Crippen LogP contribution in [0.4, 0.5) is 0 Å². The number of benzene rings is 9. The third kappa shape index (κ3) is 5.35. The lowest BCUT2D eigenvalue weighted by atomic mass is 9.98. The number of furan rings is 3. The van der Waals surface area contributed by atoms with Gasteiger partial charge in [0, 0.05) is 59.9 Å². The molecule has 1 aliphatic rings. The molecule has 302 valence electrons.